The van der Waals surface area contributed by atoms with Gasteiger partial charge in [0, 0.05) is 26.2 Å². The molecule has 3 rings (SSSR count). The first kappa shape index (κ1) is 18.5. The fourth-order valence-electron chi connectivity index (χ4n) is 4.14. The third-order valence-electron chi connectivity index (χ3n) is 5.62. The van der Waals surface area contributed by atoms with Gasteiger partial charge in [-0.1, -0.05) is 18.7 Å². The summed E-state index contributed by atoms with van der Waals surface area (Å²) < 4.78 is 0. The van der Waals surface area contributed by atoms with E-state index in [0.29, 0.717) is 18.2 Å². The van der Waals surface area contributed by atoms with Crippen molar-refractivity contribution in [2.75, 3.05) is 26.2 Å². The summed E-state index contributed by atoms with van der Waals surface area (Å²) in [4.78, 5) is 28.4. The van der Waals surface area contributed by atoms with E-state index in [-0.39, 0.29) is 17.7 Å². The third kappa shape index (κ3) is 4.45. The number of likely N-dealkylation sites (tertiary alicyclic amines) is 2. The first-order chi connectivity index (χ1) is 12.6. The van der Waals surface area contributed by atoms with Crippen molar-refractivity contribution in [1.29, 1.82) is 0 Å². The molecule has 2 aliphatic heterocycles. The molecule has 0 radical (unpaired) electrons. The van der Waals surface area contributed by atoms with Crippen molar-refractivity contribution >= 4 is 11.8 Å². The number of carbonyl (C=O) groups excluding carboxylic acids is 2. The summed E-state index contributed by atoms with van der Waals surface area (Å²) >= 11 is 0. The highest BCUT2D eigenvalue weighted by Crippen LogP contribution is 2.26. The Labute approximate surface area is 155 Å². The van der Waals surface area contributed by atoms with E-state index in [1.807, 2.05) is 23.1 Å². The summed E-state index contributed by atoms with van der Waals surface area (Å²) in [6.07, 6.45) is 6.00. The van der Waals surface area contributed by atoms with Gasteiger partial charge in [-0.2, -0.15) is 0 Å². The Bertz CT molecular complexity index is 665. The standard InChI is InChI=1S/C21H28N2O3/c1-2-20(25)23-10-4-6-18(15-23)21(26)22-11-8-16(9-12-22)13-17-5-3-7-19(24)14-17/h2-3,5,7,14,16,18,24H,1,4,6,8-13,15H2. The first-order valence-corrected chi connectivity index (χ1v) is 9.55. The number of phenolic OH excluding ortho intramolecular Hbond substituents is 1. The van der Waals surface area contributed by atoms with Crippen molar-refractivity contribution in [3.8, 4) is 5.75 Å². The van der Waals surface area contributed by atoms with Gasteiger partial charge in [-0.3, -0.25) is 9.59 Å². The topological polar surface area (TPSA) is 60.9 Å². The second kappa shape index (κ2) is 8.39. The van der Waals surface area contributed by atoms with Crippen LogP contribution in [0.15, 0.2) is 36.9 Å². The number of aromatic hydroxyl groups is 1. The van der Waals surface area contributed by atoms with E-state index in [9.17, 15) is 14.7 Å². The normalized spacial score (nSPS) is 21.5. The molecule has 2 saturated heterocycles. The van der Waals surface area contributed by atoms with Crippen molar-refractivity contribution in [3.63, 3.8) is 0 Å². The van der Waals surface area contributed by atoms with Crippen LogP contribution < -0.4 is 0 Å². The molecule has 1 atom stereocenters. The molecule has 2 amide bonds. The van der Waals surface area contributed by atoms with Gasteiger partial charge >= 0.3 is 0 Å². The van der Waals surface area contributed by atoms with Crippen molar-refractivity contribution < 1.29 is 14.7 Å². The molecule has 0 aliphatic carbocycles. The summed E-state index contributed by atoms with van der Waals surface area (Å²) in [5.41, 5.74) is 1.15. The lowest BCUT2D eigenvalue weighted by Gasteiger charge is -2.37. The highest BCUT2D eigenvalue weighted by molar-refractivity contribution is 5.88. The van der Waals surface area contributed by atoms with Gasteiger partial charge in [-0.25, -0.2) is 0 Å². The molecular weight excluding hydrogens is 328 g/mol. The fourth-order valence-corrected chi connectivity index (χ4v) is 4.14. The van der Waals surface area contributed by atoms with Gasteiger partial charge in [0.05, 0.1) is 5.92 Å². The van der Waals surface area contributed by atoms with Gasteiger partial charge in [0.2, 0.25) is 11.8 Å². The minimum Gasteiger partial charge on any atom is -0.508 e. The highest BCUT2D eigenvalue weighted by atomic mass is 16.3. The largest absolute Gasteiger partial charge is 0.508 e. The lowest BCUT2D eigenvalue weighted by atomic mass is 9.89. The summed E-state index contributed by atoms with van der Waals surface area (Å²) in [7, 11) is 0. The maximum absolute atomic E-state index is 12.8. The van der Waals surface area contributed by atoms with Crippen LogP contribution >= 0.6 is 0 Å². The molecule has 1 unspecified atom stereocenters. The lowest BCUT2D eigenvalue weighted by molar-refractivity contribution is -0.140. The number of phenols is 1. The maximum atomic E-state index is 12.8. The molecule has 0 saturated carbocycles. The van der Waals surface area contributed by atoms with E-state index in [0.717, 1.165) is 57.3 Å². The first-order valence-electron chi connectivity index (χ1n) is 9.55. The van der Waals surface area contributed by atoms with E-state index in [2.05, 4.69) is 6.58 Å². The second-order valence-corrected chi connectivity index (χ2v) is 7.47. The molecule has 5 heteroatoms. The maximum Gasteiger partial charge on any atom is 0.245 e. The number of rotatable bonds is 4. The van der Waals surface area contributed by atoms with Gasteiger partial charge < -0.3 is 14.9 Å². The highest BCUT2D eigenvalue weighted by Gasteiger charge is 2.32. The minimum atomic E-state index is -0.0766. The second-order valence-electron chi connectivity index (χ2n) is 7.47. The van der Waals surface area contributed by atoms with E-state index in [1.54, 1.807) is 11.0 Å². The fraction of sp³-hybridized carbons (Fsp3) is 0.524. The quantitative estimate of drug-likeness (QED) is 0.844. The van der Waals surface area contributed by atoms with Crippen LogP contribution in [0.4, 0.5) is 0 Å². The van der Waals surface area contributed by atoms with Crippen LogP contribution in [0, 0.1) is 11.8 Å². The molecule has 140 valence electrons. The van der Waals surface area contributed by atoms with Crippen LogP contribution in [0.3, 0.4) is 0 Å². The molecule has 26 heavy (non-hydrogen) atoms. The molecule has 0 bridgehead atoms. The van der Waals surface area contributed by atoms with Crippen molar-refractivity contribution in [2.45, 2.75) is 32.1 Å². The number of carbonyl (C=O) groups is 2. The predicted octanol–water partition coefficient (Wildman–Crippen LogP) is 2.60. The van der Waals surface area contributed by atoms with Gasteiger partial charge in [-0.05, 0) is 61.8 Å². The zero-order valence-corrected chi connectivity index (χ0v) is 15.3. The predicted molar refractivity (Wildman–Crippen MR) is 101 cm³/mol. The van der Waals surface area contributed by atoms with Crippen LogP contribution in [0.1, 0.15) is 31.2 Å². The Morgan fingerprint density at radius 3 is 2.62 bits per heavy atom. The summed E-state index contributed by atoms with van der Waals surface area (Å²) in [6.45, 7) is 6.36. The van der Waals surface area contributed by atoms with Crippen molar-refractivity contribution in [1.82, 2.24) is 9.80 Å². The van der Waals surface area contributed by atoms with Crippen molar-refractivity contribution in [3.05, 3.63) is 42.5 Å². The molecule has 2 heterocycles. The summed E-state index contributed by atoms with van der Waals surface area (Å²) in [5, 5.41) is 9.59. The molecular formula is C21H28N2O3. The zero-order chi connectivity index (χ0) is 18.5. The smallest absolute Gasteiger partial charge is 0.245 e. The summed E-state index contributed by atoms with van der Waals surface area (Å²) in [5.74, 6) is 0.905. The Morgan fingerprint density at radius 2 is 1.92 bits per heavy atom. The Morgan fingerprint density at radius 1 is 1.15 bits per heavy atom. The molecule has 2 fully saturated rings. The molecule has 5 nitrogen and oxygen atoms in total. The Balaban J connectivity index is 1.50. The van der Waals surface area contributed by atoms with Crippen LogP contribution in [0.5, 0.6) is 5.75 Å². The Kier molecular flexibility index (Phi) is 5.96. The van der Waals surface area contributed by atoms with Crippen LogP contribution in [0.25, 0.3) is 0 Å². The number of piperidine rings is 2. The molecule has 2 aliphatic rings. The zero-order valence-electron chi connectivity index (χ0n) is 15.3. The Hall–Kier alpha value is -2.30. The van der Waals surface area contributed by atoms with Gasteiger partial charge in [-0.15, -0.1) is 0 Å². The molecule has 0 aromatic heterocycles. The van der Waals surface area contributed by atoms with Gasteiger partial charge in [0.25, 0.3) is 0 Å². The molecule has 1 N–H and O–H groups in total. The number of amides is 2. The van der Waals surface area contributed by atoms with Gasteiger partial charge in [0.1, 0.15) is 5.75 Å². The van der Waals surface area contributed by atoms with E-state index < -0.39 is 0 Å². The number of hydrogen-bond acceptors (Lipinski definition) is 3. The monoisotopic (exact) mass is 356 g/mol. The van der Waals surface area contributed by atoms with E-state index >= 15 is 0 Å². The lowest BCUT2D eigenvalue weighted by Crippen LogP contribution is -2.48. The van der Waals surface area contributed by atoms with Gasteiger partial charge in [0.15, 0.2) is 0 Å². The van der Waals surface area contributed by atoms with Crippen LogP contribution in [0.2, 0.25) is 0 Å². The van der Waals surface area contributed by atoms with E-state index in [4.69, 9.17) is 0 Å². The van der Waals surface area contributed by atoms with Crippen LogP contribution in [-0.2, 0) is 16.0 Å². The van der Waals surface area contributed by atoms with E-state index in [1.165, 1.54) is 6.08 Å². The summed E-state index contributed by atoms with van der Waals surface area (Å²) in [6, 6.07) is 7.44. The molecule has 0 spiro atoms. The van der Waals surface area contributed by atoms with Crippen molar-refractivity contribution in [2.24, 2.45) is 11.8 Å². The third-order valence-corrected chi connectivity index (χ3v) is 5.62. The molecule has 1 aromatic carbocycles. The number of hydrogen-bond donors (Lipinski definition) is 1. The molecule has 1 aromatic rings. The number of nitrogens with zero attached hydrogens (tertiary/aromatic N) is 2. The average Bonchev–Trinajstić information content (AvgIpc) is 2.67. The minimum absolute atomic E-state index is 0.0738. The number of benzene rings is 1. The average molecular weight is 356 g/mol. The SMILES string of the molecule is C=CC(=O)N1CCCC(C(=O)N2CCC(Cc3cccc(O)c3)CC2)C1. The van der Waals surface area contributed by atoms with Crippen LogP contribution in [-0.4, -0.2) is 52.9 Å².